The zero-order valence-corrected chi connectivity index (χ0v) is 17.7. The van der Waals surface area contributed by atoms with Crippen LogP contribution in [0.3, 0.4) is 0 Å². The molecule has 0 saturated heterocycles. The molecule has 1 amide bonds. The highest BCUT2D eigenvalue weighted by Gasteiger charge is 2.42. The standard InChI is InChI=1S/C21H27F3N2O3S/c1-3-9-26(30(28,29)18-6-4-5-17(12-18)21(22,23)24)13-20(27)25-14(2)19-11-15-7-8-16(19)10-15/h3-6,12,14-16,19H,1,7-11,13H2,2H3,(H,25,27). The van der Waals surface area contributed by atoms with E-state index in [1.54, 1.807) is 0 Å². The van der Waals surface area contributed by atoms with Gasteiger partial charge in [0.15, 0.2) is 0 Å². The molecule has 2 aliphatic rings. The summed E-state index contributed by atoms with van der Waals surface area (Å²) in [5.41, 5.74) is -1.06. The highest BCUT2D eigenvalue weighted by molar-refractivity contribution is 7.89. The van der Waals surface area contributed by atoms with E-state index in [4.69, 9.17) is 0 Å². The van der Waals surface area contributed by atoms with Crippen LogP contribution < -0.4 is 5.32 Å². The lowest BCUT2D eigenvalue weighted by atomic mass is 9.84. The number of hydrogen-bond donors (Lipinski definition) is 1. The molecule has 1 aromatic rings. The first-order valence-corrected chi connectivity index (χ1v) is 11.5. The molecule has 2 fully saturated rings. The fourth-order valence-electron chi connectivity index (χ4n) is 4.85. The lowest BCUT2D eigenvalue weighted by Gasteiger charge is -2.29. The Morgan fingerprint density at radius 1 is 1.33 bits per heavy atom. The molecule has 2 aliphatic carbocycles. The third-order valence-electron chi connectivity index (χ3n) is 6.28. The molecule has 0 spiro atoms. The monoisotopic (exact) mass is 444 g/mol. The number of hydrogen-bond acceptors (Lipinski definition) is 3. The number of halogens is 3. The van der Waals surface area contributed by atoms with Gasteiger partial charge in [0.05, 0.1) is 17.0 Å². The number of alkyl halides is 3. The van der Waals surface area contributed by atoms with Crippen LogP contribution in [0.1, 0.15) is 38.2 Å². The molecule has 9 heteroatoms. The highest BCUT2D eigenvalue weighted by atomic mass is 32.2. The van der Waals surface area contributed by atoms with Crippen molar-refractivity contribution in [3.63, 3.8) is 0 Å². The zero-order chi connectivity index (χ0) is 22.1. The summed E-state index contributed by atoms with van der Waals surface area (Å²) >= 11 is 0. The van der Waals surface area contributed by atoms with Crippen LogP contribution in [0.4, 0.5) is 13.2 Å². The van der Waals surface area contributed by atoms with E-state index in [2.05, 4.69) is 11.9 Å². The number of carbonyl (C=O) groups excluding carboxylic acids is 1. The fraction of sp³-hybridized carbons (Fsp3) is 0.571. The Balaban J connectivity index is 1.71. The molecule has 4 atom stereocenters. The van der Waals surface area contributed by atoms with Gasteiger partial charge in [-0.15, -0.1) is 6.58 Å². The predicted molar refractivity (Wildman–Crippen MR) is 107 cm³/mol. The average Bonchev–Trinajstić information content (AvgIpc) is 3.30. The van der Waals surface area contributed by atoms with Gasteiger partial charge in [-0.1, -0.05) is 18.6 Å². The zero-order valence-electron chi connectivity index (χ0n) is 16.9. The van der Waals surface area contributed by atoms with Crippen molar-refractivity contribution in [3.05, 3.63) is 42.5 Å². The van der Waals surface area contributed by atoms with Crippen LogP contribution in [-0.4, -0.2) is 37.8 Å². The van der Waals surface area contributed by atoms with Crippen LogP contribution in [0.5, 0.6) is 0 Å². The molecule has 3 rings (SSSR count). The molecule has 2 saturated carbocycles. The van der Waals surface area contributed by atoms with Gasteiger partial charge in [0.2, 0.25) is 15.9 Å². The SMILES string of the molecule is C=CCN(CC(=O)NC(C)C1CC2CCC1C2)S(=O)(=O)c1cccc(C(F)(F)F)c1. The Labute approximate surface area is 175 Å². The topological polar surface area (TPSA) is 66.5 Å². The number of nitrogens with zero attached hydrogens (tertiary/aromatic N) is 1. The Hall–Kier alpha value is -1.87. The van der Waals surface area contributed by atoms with Crippen LogP contribution in [0.2, 0.25) is 0 Å². The first-order chi connectivity index (χ1) is 14.0. The molecule has 0 aromatic heterocycles. The highest BCUT2D eigenvalue weighted by Crippen LogP contribution is 2.49. The number of benzene rings is 1. The number of nitrogens with one attached hydrogen (secondary N) is 1. The Morgan fingerprint density at radius 2 is 2.07 bits per heavy atom. The first-order valence-electron chi connectivity index (χ1n) is 10.1. The minimum Gasteiger partial charge on any atom is -0.352 e. The maximum atomic E-state index is 13.0. The number of rotatable bonds is 8. The molecule has 5 nitrogen and oxygen atoms in total. The second-order valence-electron chi connectivity index (χ2n) is 8.31. The quantitative estimate of drug-likeness (QED) is 0.620. The number of carbonyl (C=O) groups is 1. The summed E-state index contributed by atoms with van der Waals surface area (Å²) in [7, 11) is -4.30. The molecule has 1 N–H and O–H groups in total. The molecule has 166 valence electrons. The van der Waals surface area contributed by atoms with E-state index in [1.165, 1.54) is 25.3 Å². The normalized spacial score (nSPS) is 24.8. The lowest BCUT2D eigenvalue weighted by molar-refractivity contribution is -0.137. The van der Waals surface area contributed by atoms with Gasteiger partial charge in [-0.25, -0.2) is 8.42 Å². The molecule has 4 unspecified atom stereocenters. The summed E-state index contributed by atoms with van der Waals surface area (Å²) in [5, 5.41) is 2.90. The van der Waals surface area contributed by atoms with Crippen molar-refractivity contribution < 1.29 is 26.4 Å². The van der Waals surface area contributed by atoms with Crippen molar-refractivity contribution in [1.29, 1.82) is 0 Å². The third-order valence-corrected chi connectivity index (χ3v) is 8.08. The van der Waals surface area contributed by atoms with Gasteiger partial charge in [0.1, 0.15) is 0 Å². The minimum atomic E-state index is -4.66. The Kier molecular flexibility index (Phi) is 6.62. The predicted octanol–water partition coefficient (Wildman–Crippen LogP) is 3.82. The van der Waals surface area contributed by atoms with Crippen molar-refractivity contribution in [3.8, 4) is 0 Å². The first kappa shape index (κ1) is 22.8. The Bertz CT molecular complexity index is 901. The van der Waals surface area contributed by atoms with Crippen molar-refractivity contribution in [2.75, 3.05) is 13.1 Å². The van der Waals surface area contributed by atoms with E-state index in [-0.39, 0.29) is 12.6 Å². The van der Waals surface area contributed by atoms with Crippen molar-refractivity contribution in [2.24, 2.45) is 17.8 Å². The molecular weight excluding hydrogens is 417 g/mol. The van der Waals surface area contributed by atoms with Crippen LogP contribution in [0.15, 0.2) is 41.8 Å². The van der Waals surface area contributed by atoms with Gasteiger partial charge in [0.25, 0.3) is 0 Å². The number of amides is 1. The fourth-order valence-corrected chi connectivity index (χ4v) is 6.26. The molecule has 30 heavy (non-hydrogen) atoms. The average molecular weight is 445 g/mol. The van der Waals surface area contributed by atoms with E-state index in [0.717, 1.165) is 34.8 Å². The van der Waals surface area contributed by atoms with Crippen LogP contribution in [-0.2, 0) is 21.0 Å². The van der Waals surface area contributed by atoms with Crippen molar-refractivity contribution in [1.82, 2.24) is 9.62 Å². The summed E-state index contributed by atoms with van der Waals surface area (Å²) in [6, 6.07) is 3.45. The summed E-state index contributed by atoms with van der Waals surface area (Å²) in [4.78, 5) is 12.1. The van der Waals surface area contributed by atoms with Crippen LogP contribution in [0.25, 0.3) is 0 Å². The summed E-state index contributed by atoms with van der Waals surface area (Å²) in [6.45, 7) is 4.77. The smallest absolute Gasteiger partial charge is 0.352 e. The summed E-state index contributed by atoms with van der Waals surface area (Å²) in [5.74, 6) is 1.24. The maximum absolute atomic E-state index is 13.0. The number of fused-ring (bicyclic) bond motifs is 2. The minimum absolute atomic E-state index is 0.0744. The van der Waals surface area contributed by atoms with E-state index >= 15 is 0 Å². The van der Waals surface area contributed by atoms with Crippen molar-refractivity contribution >= 4 is 15.9 Å². The molecular formula is C21H27F3N2O3S. The van der Waals surface area contributed by atoms with E-state index in [1.807, 2.05) is 6.92 Å². The van der Waals surface area contributed by atoms with Gasteiger partial charge >= 0.3 is 6.18 Å². The van der Waals surface area contributed by atoms with Gasteiger partial charge in [-0.3, -0.25) is 4.79 Å². The van der Waals surface area contributed by atoms with Gasteiger partial charge in [0, 0.05) is 12.6 Å². The summed E-state index contributed by atoms with van der Waals surface area (Å²) < 4.78 is 65.6. The van der Waals surface area contributed by atoms with Gasteiger partial charge in [-0.05, 0) is 62.1 Å². The van der Waals surface area contributed by atoms with Crippen molar-refractivity contribution in [2.45, 2.75) is 49.7 Å². The molecule has 0 heterocycles. The second kappa shape index (κ2) is 8.70. The van der Waals surface area contributed by atoms with Gasteiger partial charge in [-0.2, -0.15) is 17.5 Å². The Morgan fingerprint density at radius 3 is 2.63 bits per heavy atom. The second-order valence-corrected chi connectivity index (χ2v) is 10.2. The van der Waals surface area contributed by atoms with Crippen LogP contribution in [0, 0.1) is 17.8 Å². The van der Waals surface area contributed by atoms with Gasteiger partial charge < -0.3 is 5.32 Å². The molecule has 1 aromatic carbocycles. The molecule has 2 bridgehead atoms. The van der Waals surface area contributed by atoms with E-state index < -0.39 is 39.1 Å². The van der Waals surface area contributed by atoms with Crippen LogP contribution >= 0.6 is 0 Å². The van der Waals surface area contributed by atoms with E-state index in [0.29, 0.717) is 17.9 Å². The third kappa shape index (κ3) is 4.88. The largest absolute Gasteiger partial charge is 0.416 e. The number of sulfonamides is 1. The summed E-state index contributed by atoms with van der Waals surface area (Å²) in [6.07, 6.45) is 1.31. The molecule has 0 radical (unpaired) electrons. The van der Waals surface area contributed by atoms with E-state index in [9.17, 15) is 26.4 Å². The lowest BCUT2D eigenvalue weighted by Crippen LogP contribution is -2.46. The molecule has 0 aliphatic heterocycles. The maximum Gasteiger partial charge on any atom is 0.416 e.